The highest BCUT2D eigenvalue weighted by Crippen LogP contribution is 2.54. The van der Waals surface area contributed by atoms with Crippen molar-refractivity contribution in [1.82, 2.24) is 28.7 Å². The molecule has 4 atom stereocenters. The highest BCUT2D eigenvalue weighted by molar-refractivity contribution is 6.13. The summed E-state index contributed by atoms with van der Waals surface area (Å²) in [6.07, 6.45) is 5.79. The van der Waals surface area contributed by atoms with E-state index in [0.29, 0.717) is 29.4 Å². The summed E-state index contributed by atoms with van der Waals surface area (Å²) in [6.45, 7) is 4.90. The third-order valence-electron chi connectivity index (χ3n) is 16.8. The maximum absolute atomic E-state index is 5.85. The molecule has 4 aromatic heterocycles. The van der Waals surface area contributed by atoms with Crippen LogP contribution in [0.4, 0.5) is 0 Å². The van der Waals surface area contributed by atoms with Gasteiger partial charge in [0.25, 0.3) is 0 Å². The number of fused-ring (bicyclic) bond motifs is 11. The molecule has 0 radical (unpaired) electrons. The Bertz CT molecular complexity index is 4240. The Kier molecular flexibility index (Phi) is 9.72. The molecule has 2 saturated carbocycles. The van der Waals surface area contributed by atoms with E-state index in [1.807, 2.05) is 0 Å². The number of para-hydroxylation sites is 7. The largest absolute Gasteiger partial charge is 0.309 e. The summed E-state index contributed by atoms with van der Waals surface area (Å²) in [7, 11) is 0. The standard InChI is InChI=1S/C68H54N6/c1-43-37-45-38-44(2)41-68(40-43,42-45)67-70-65(54-26-11-17-34-62(54)73-59-31-14-8-23-51(59)52-24-9-15-32-60(52)73)69-66(71-67)55-28-18-27-48(46-19-4-3-5-20-46)64(55)74-61-33-16-10-25-53(61)56-39-47(35-36-63(56)74)72-57-29-12-6-21-49(57)50-22-7-13-30-58(50)72/h3-36,39,43-45H,37-38,40-42H2,1-2H3/t43-,44+,45?,68?. The minimum absolute atomic E-state index is 0.165. The zero-order valence-corrected chi connectivity index (χ0v) is 41.7. The first-order chi connectivity index (χ1) is 36.5. The summed E-state index contributed by atoms with van der Waals surface area (Å²) in [4.78, 5) is 17.4. The van der Waals surface area contributed by atoms with Crippen LogP contribution in [-0.2, 0) is 5.41 Å². The van der Waals surface area contributed by atoms with E-state index in [4.69, 9.17) is 15.0 Å². The Morgan fingerprint density at radius 3 is 1.45 bits per heavy atom. The molecule has 6 heteroatoms. The molecule has 74 heavy (non-hydrogen) atoms. The van der Waals surface area contributed by atoms with Crippen molar-refractivity contribution >= 4 is 65.4 Å². The van der Waals surface area contributed by atoms with Crippen molar-refractivity contribution in [1.29, 1.82) is 0 Å². The van der Waals surface area contributed by atoms with Crippen LogP contribution in [0.15, 0.2) is 212 Å². The van der Waals surface area contributed by atoms with Gasteiger partial charge in [-0.05, 0) is 122 Å². The van der Waals surface area contributed by atoms with Crippen molar-refractivity contribution in [2.24, 2.45) is 17.8 Å². The highest BCUT2D eigenvalue weighted by Gasteiger charge is 2.48. The van der Waals surface area contributed by atoms with Crippen molar-refractivity contribution < 1.29 is 0 Å². The number of nitrogens with zero attached hydrogens (tertiary/aromatic N) is 6. The smallest absolute Gasteiger partial charge is 0.165 e. The van der Waals surface area contributed by atoms with Crippen LogP contribution in [0.3, 0.4) is 0 Å². The monoisotopic (exact) mass is 954 g/mol. The molecule has 0 saturated heterocycles. The Balaban J connectivity index is 1.01. The van der Waals surface area contributed by atoms with Crippen molar-refractivity contribution in [3.63, 3.8) is 0 Å². The first kappa shape index (κ1) is 43.0. The Morgan fingerprint density at radius 1 is 0.378 bits per heavy atom. The fourth-order valence-corrected chi connectivity index (χ4v) is 14.2. The first-order valence-electron chi connectivity index (χ1n) is 26.5. The molecule has 13 aromatic rings. The second-order valence-electron chi connectivity index (χ2n) is 21.6. The number of hydrogen-bond donors (Lipinski definition) is 0. The van der Waals surface area contributed by atoms with Gasteiger partial charge in [0.15, 0.2) is 11.6 Å². The van der Waals surface area contributed by atoms with Crippen LogP contribution in [0.2, 0.25) is 0 Å². The van der Waals surface area contributed by atoms with E-state index < -0.39 is 0 Å². The maximum atomic E-state index is 5.85. The predicted octanol–water partition coefficient (Wildman–Crippen LogP) is 17.3. The van der Waals surface area contributed by atoms with Gasteiger partial charge in [-0.1, -0.05) is 159 Å². The van der Waals surface area contributed by atoms with E-state index in [0.717, 1.165) is 86.5 Å². The summed E-state index contributed by atoms with van der Waals surface area (Å²) < 4.78 is 7.33. The van der Waals surface area contributed by atoms with Crippen LogP contribution in [-0.4, -0.2) is 28.7 Å². The fourth-order valence-electron chi connectivity index (χ4n) is 14.2. The van der Waals surface area contributed by atoms with Gasteiger partial charge in [0.05, 0.1) is 44.5 Å². The summed E-state index contributed by atoms with van der Waals surface area (Å²) >= 11 is 0. The van der Waals surface area contributed by atoms with Gasteiger partial charge in [-0.2, -0.15) is 0 Å². The van der Waals surface area contributed by atoms with Gasteiger partial charge in [0.1, 0.15) is 5.82 Å². The minimum atomic E-state index is -0.165. The fraction of sp³-hybridized carbons (Fsp3) is 0.162. The molecule has 2 unspecified atom stereocenters. The van der Waals surface area contributed by atoms with E-state index in [9.17, 15) is 0 Å². The lowest BCUT2D eigenvalue weighted by molar-refractivity contribution is 0.0720. The van der Waals surface area contributed by atoms with Crippen molar-refractivity contribution in [3.8, 4) is 51.0 Å². The number of aromatic nitrogens is 6. The average Bonchev–Trinajstić information content (AvgIpc) is 4.08. The second-order valence-corrected chi connectivity index (χ2v) is 21.6. The van der Waals surface area contributed by atoms with Gasteiger partial charge in [-0.15, -0.1) is 0 Å². The van der Waals surface area contributed by atoms with E-state index in [2.05, 4.69) is 240 Å². The minimum Gasteiger partial charge on any atom is -0.309 e. The third kappa shape index (κ3) is 6.60. The molecular formula is C68H54N6. The van der Waals surface area contributed by atoms with Gasteiger partial charge < -0.3 is 13.7 Å². The maximum Gasteiger partial charge on any atom is 0.165 e. The van der Waals surface area contributed by atoms with Crippen molar-refractivity contribution in [2.45, 2.75) is 51.4 Å². The van der Waals surface area contributed by atoms with Crippen molar-refractivity contribution in [2.75, 3.05) is 0 Å². The second kappa shape index (κ2) is 16.7. The first-order valence-corrected chi connectivity index (χ1v) is 26.5. The quantitative estimate of drug-likeness (QED) is 0.160. The molecular weight excluding hydrogens is 901 g/mol. The lowest BCUT2D eigenvalue weighted by Gasteiger charge is -2.49. The molecule has 0 amide bonds. The molecule has 6 nitrogen and oxygen atoms in total. The lowest BCUT2D eigenvalue weighted by atomic mass is 9.56. The lowest BCUT2D eigenvalue weighted by Crippen LogP contribution is -2.43. The number of benzene rings is 9. The van der Waals surface area contributed by atoms with E-state index in [1.165, 1.54) is 56.2 Å². The van der Waals surface area contributed by atoms with Crippen molar-refractivity contribution in [3.05, 3.63) is 218 Å². The normalized spacial score (nSPS) is 18.9. The molecule has 15 rings (SSSR count). The van der Waals surface area contributed by atoms with Gasteiger partial charge in [0.2, 0.25) is 0 Å². The molecule has 2 bridgehead atoms. The van der Waals surface area contributed by atoms with Crippen LogP contribution in [0.5, 0.6) is 0 Å². The summed E-state index contributed by atoms with van der Waals surface area (Å²) in [5.41, 5.74) is 14.2. The van der Waals surface area contributed by atoms with Gasteiger partial charge in [-0.25, -0.2) is 15.0 Å². The van der Waals surface area contributed by atoms with Crippen LogP contribution >= 0.6 is 0 Å². The summed E-state index contributed by atoms with van der Waals surface area (Å²) in [5, 5.41) is 7.32. The van der Waals surface area contributed by atoms with E-state index in [1.54, 1.807) is 0 Å². The molecule has 0 aliphatic heterocycles. The van der Waals surface area contributed by atoms with Gasteiger partial charge in [-0.3, -0.25) is 0 Å². The molecule has 0 N–H and O–H groups in total. The highest BCUT2D eigenvalue weighted by atomic mass is 15.1. The van der Waals surface area contributed by atoms with Gasteiger partial charge in [0, 0.05) is 60.1 Å². The Labute approximate surface area is 430 Å². The zero-order chi connectivity index (χ0) is 49.1. The average molecular weight is 955 g/mol. The third-order valence-corrected chi connectivity index (χ3v) is 16.8. The molecule has 9 aromatic carbocycles. The predicted molar refractivity (Wildman–Crippen MR) is 306 cm³/mol. The number of hydrogen-bond acceptors (Lipinski definition) is 3. The van der Waals surface area contributed by atoms with E-state index in [-0.39, 0.29) is 5.41 Å². The van der Waals surface area contributed by atoms with Crippen LogP contribution in [0.25, 0.3) is 116 Å². The zero-order valence-electron chi connectivity index (χ0n) is 41.7. The molecule has 356 valence electrons. The Hall–Kier alpha value is -8.61. The van der Waals surface area contributed by atoms with Crippen LogP contribution in [0, 0.1) is 17.8 Å². The topological polar surface area (TPSA) is 53.5 Å². The summed E-state index contributed by atoms with van der Waals surface area (Å²) in [6, 6.07) is 77.3. The molecule has 0 spiro atoms. The van der Waals surface area contributed by atoms with Crippen LogP contribution in [0.1, 0.15) is 51.8 Å². The van der Waals surface area contributed by atoms with E-state index >= 15 is 0 Å². The molecule has 2 aliphatic carbocycles. The summed E-state index contributed by atoms with van der Waals surface area (Å²) in [5.74, 6) is 4.15. The SMILES string of the molecule is C[C@@H]1CC2C[C@H](C)CC(c3nc(-c4ccccc4-n4c5ccccc5c5ccccc54)nc(-c4cccc(-c5ccccc5)c4-n4c5ccccc5c5cc(-n6c7ccccc7c7ccccc76)ccc54)n3)(C2)C1. The molecule has 2 fully saturated rings. The molecule has 4 heterocycles. The van der Waals surface area contributed by atoms with Gasteiger partial charge >= 0.3 is 0 Å². The van der Waals surface area contributed by atoms with Crippen LogP contribution < -0.4 is 0 Å². The Morgan fingerprint density at radius 2 is 0.838 bits per heavy atom. The number of rotatable bonds is 7. The molecule has 2 aliphatic rings.